The van der Waals surface area contributed by atoms with Crippen molar-refractivity contribution in [2.24, 2.45) is 0 Å². The maximum atomic E-state index is 14.7. The van der Waals surface area contributed by atoms with Gasteiger partial charge in [-0.3, -0.25) is 15.0 Å². The molecule has 0 aliphatic carbocycles. The summed E-state index contributed by atoms with van der Waals surface area (Å²) in [6.07, 6.45) is 2.53. The average Bonchev–Trinajstić information content (AvgIpc) is 2.76. The minimum Gasteiger partial charge on any atom is -0.354 e. The molecule has 0 unspecified atom stereocenters. The summed E-state index contributed by atoms with van der Waals surface area (Å²) in [5, 5.41) is 7.30. The Labute approximate surface area is 183 Å². The smallest absolute Gasteiger partial charge is 0.320 e. The molecule has 3 heterocycles. The van der Waals surface area contributed by atoms with E-state index in [0.717, 1.165) is 0 Å². The van der Waals surface area contributed by atoms with E-state index in [-0.39, 0.29) is 33.9 Å². The lowest BCUT2D eigenvalue weighted by Crippen LogP contribution is -2.34. The summed E-state index contributed by atoms with van der Waals surface area (Å²) >= 11 is 0. The van der Waals surface area contributed by atoms with Crippen molar-refractivity contribution in [1.29, 1.82) is 0 Å². The highest BCUT2D eigenvalue weighted by Gasteiger charge is 2.25. The summed E-state index contributed by atoms with van der Waals surface area (Å²) in [5.74, 6) is -1.95. The van der Waals surface area contributed by atoms with Gasteiger partial charge in [-0.25, -0.2) is 24.1 Å². The highest BCUT2D eigenvalue weighted by Crippen LogP contribution is 2.30. The number of halogens is 2. The number of piperidine rings is 1. The molecule has 3 amide bonds. The second-order valence-corrected chi connectivity index (χ2v) is 7.17. The van der Waals surface area contributed by atoms with E-state index in [1.165, 1.54) is 19.4 Å². The van der Waals surface area contributed by atoms with Crippen molar-refractivity contribution < 1.29 is 22.6 Å². The van der Waals surface area contributed by atoms with Crippen molar-refractivity contribution >= 4 is 17.8 Å². The second kappa shape index (κ2) is 10.2. The monoisotopic (exact) mass is 439 g/mol. The van der Waals surface area contributed by atoms with Gasteiger partial charge < -0.3 is 10.6 Å². The van der Waals surface area contributed by atoms with Crippen molar-refractivity contribution in [2.45, 2.75) is 32.2 Å². The molecule has 2 aromatic heterocycles. The Balaban J connectivity index is 0.00000363. The molecule has 11 heteroatoms. The molecular weight excluding hydrogens is 408 g/mol. The van der Waals surface area contributed by atoms with Gasteiger partial charge in [0.15, 0.2) is 11.6 Å². The number of rotatable bonds is 6. The number of nitrogens with one attached hydrogen (secondary N) is 3. The Morgan fingerprint density at radius 3 is 2.61 bits per heavy atom. The van der Waals surface area contributed by atoms with E-state index in [0.29, 0.717) is 38.0 Å². The minimum absolute atomic E-state index is 0. The first kappa shape index (κ1) is 22.5. The molecule has 0 saturated carbocycles. The summed E-state index contributed by atoms with van der Waals surface area (Å²) < 4.78 is 29.1. The Kier molecular flexibility index (Phi) is 7.40. The van der Waals surface area contributed by atoms with E-state index >= 15 is 0 Å². The highest BCUT2D eigenvalue weighted by atomic mass is 19.1. The topological polar surface area (TPSA) is 112 Å². The number of hydrogen-bond acceptors (Lipinski definition) is 6. The molecule has 9 nitrogen and oxygen atoms in total. The third kappa shape index (κ3) is 5.48. The number of hydrogen-bond donors (Lipinski definition) is 3. The lowest BCUT2D eigenvalue weighted by molar-refractivity contribution is 0.0956. The molecule has 172 valence electrons. The van der Waals surface area contributed by atoms with Crippen LogP contribution in [0.5, 0.6) is 0 Å². The zero-order chi connectivity index (χ0) is 22.4. The molecule has 31 heavy (non-hydrogen) atoms. The van der Waals surface area contributed by atoms with Crippen LogP contribution in [-0.4, -0.2) is 58.5 Å². The van der Waals surface area contributed by atoms with Gasteiger partial charge in [0.2, 0.25) is 5.95 Å². The second-order valence-electron chi connectivity index (χ2n) is 7.17. The van der Waals surface area contributed by atoms with Crippen LogP contribution in [0.4, 0.5) is 19.4 Å². The molecule has 3 N–H and O–H groups in total. The Bertz CT molecular complexity index is 964. The van der Waals surface area contributed by atoms with Gasteiger partial charge in [-0.1, -0.05) is 6.07 Å². The standard InChI is InChI=1S/C20H25F2N7O2.3H2/c1-3-24-20(31)28-18-16(21)15(25-11-26-18)10-29-8-6-12(7-9-29)13-4-5-14(19(30)23-2)27-17(13)22;;;/h4-5,11-12H,3,6-10H2,1-2H3,(H,23,30)(H2,24,25,26,28,31);3*1H. The van der Waals surface area contributed by atoms with Gasteiger partial charge in [0.05, 0.1) is 5.69 Å². The molecule has 1 saturated heterocycles. The predicted octanol–water partition coefficient (Wildman–Crippen LogP) is 2.77. The third-order valence-electron chi connectivity index (χ3n) is 5.17. The Morgan fingerprint density at radius 1 is 1.23 bits per heavy atom. The zero-order valence-corrected chi connectivity index (χ0v) is 17.4. The molecule has 3 rings (SSSR count). The Hall–Kier alpha value is -3.21. The molecule has 0 spiro atoms. The molecule has 1 fully saturated rings. The van der Waals surface area contributed by atoms with Gasteiger partial charge in [0.1, 0.15) is 12.0 Å². The summed E-state index contributed by atoms with van der Waals surface area (Å²) in [4.78, 5) is 36.8. The molecule has 0 radical (unpaired) electrons. The SMILES string of the molecule is CCNC(=O)Nc1ncnc(CN2CCC(c3ccc(C(=O)NC)nc3F)CC2)c1F.[HH].[HH].[HH]. The minimum atomic E-state index is -0.670. The van der Waals surface area contributed by atoms with Crippen LogP contribution >= 0.6 is 0 Å². The van der Waals surface area contributed by atoms with Crippen LogP contribution in [0.2, 0.25) is 0 Å². The zero-order valence-electron chi connectivity index (χ0n) is 17.4. The quantitative estimate of drug-likeness (QED) is 0.597. The van der Waals surface area contributed by atoms with E-state index in [2.05, 4.69) is 30.9 Å². The number of amides is 3. The first-order valence-corrected chi connectivity index (χ1v) is 10.1. The number of aromatic nitrogens is 3. The molecule has 0 aromatic carbocycles. The fraction of sp³-hybridized carbons (Fsp3) is 0.450. The first-order chi connectivity index (χ1) is 14.9. The van der Waals surface area contributed by atoms with Crippen LogP contribution in [0.25, 0.3) is 0 Å². The first-order valence-electron chi connectivity index (χ1n) is 10.1. The number of carbonyl (C=O) groups is 2. The number of carbonyl (C=O) groups excluding carboxylic acids is 2. The lowest BCUT2D eigenvalue weighted by atomic mass is 9.90. The van der Waals surface area contributed by atoms with Crippen molar-refractivity contribution in [1.82, 2.24) is 30.5 Å². The fourth-order valence-electron chi connectivity index (χ4n) is 3.53. The van der Waals surface area contributed by atoms with Crippen LogP contribution in [0, 0.1) is 11.8 Å². The van der Waals surface area contributed by atoms with Crippen molar-refractivity contribution in [3.63, 3.8) is 0 Å². The number of urea groups is 1. The van der Waals surface area contributed by atoms with Crippen LogP contribution in [-0.2, 0) is 6.54 Å². The largest absolute Gasteiger partial charge is 0.354 e. The summed E-state index contributed by atoms with van der Waals surface area (Å²) in [6.45, 7) is 3.64. The molecule has 2 aromatic rings. The maximum Gasteiger partial charge on any atom is 0.320 e. The molecule has 0 atom stereocenters. The summed E-state index contributed by atoms with van der Waals surface area (Å²) in [7, 11) is 1.46. The number of pyridine rings is 1. The van der Waals surface area contributed by atoms with E-state index in [9.17, 15) is 18.4 Å². The van der Waals surface area contributed by atoms with Crippen LogP contribution < -0.4 is 16.0 Å². The fourth-order valence-corrected chi connectivity index (χ4v) is 3.53. The van der Waals surface area contributed by atoms with E-state index < -0.39 is 23.7 Å². The number of nitrogens with zero attached hydrogens (tertiary/aromatic N) is 4. The van der Waals surface area contributed by atoms with Crippen molar-refractivity contribution in [2.75, 3.05) is 32.0 Å². The van der Waals surface area contributed by atoms with Crippen LogP contribution in [0.15, 0.2) is 18.5 Å². The lowest BCUT2D eigenvalue weighted by Gasteiger charge is -2.32. The number of likely N-dealkylation sites (tertiary alicyclic amines) is 1. The van der Waals surface area contributed by atoms with Crippen LogP contribution in [0.1, 0.15) is 51.7 Å². The van der Waals surface area contributed by atoms with E-state index in [1.807, 2.05) is 4.90 Å². The van der Waals surface area contributed by atoms with E-state index in [4.69, 9.17) is 0 Å². The van der Waals surface area contributed by atoms with Gasteiger partial charge in [0, 0.05) is 30.0 Å². The normalized spacial score (nSPS) is 14.8. The molecule has 1 aliphatic rings. The molecular formula is C20H31F2N7O2. The van der Waals surface area contributed by atoms with Gasteiger partial charge >= 0.3 is 6.03 Å². The third-order valence-corrected chi connectivity index (χ3v) is 5.17. The highest BCUT2D eigenvalue weighted by molar-refractivity contribution is 5.92. The van der Waals surface area contributed by atoms with Gasteiger partial charge in [-0.2, -0.15) is 4.39 Å². The molecule has 0 bridgehead atoms. The van der Waals surface area contributed by atoms with E-state index in [1.54, 1.807) is 13.0 Å². The number of anilines is 1. The Morgan fingerprint density at radius 2 is 1.97 bits per heavy atom. The molecule has 1 aliphatic heterocycles. The average molecular weight is 440 g/mol. The van der Waals surface area contributed by atoms with Crippen molar-refractivity contribution in [3.05, 3.63) is 47.2 Å². The van der Waals surface area contributed by atoms with Gasteiger partial charge in [0.25, 0.3) is 5.91 Å². The van der Waals surface area contributed by atoms with Gasteiger partial charge in [-0.15, -0.1) is 0 Å². The predicted molar refractivity (Wildman–Crippen MR) is 116 cm³/mol. The summed E-state index contributed by atoms with van der Waals surface area (Å²) in [5.41, 5.74) is 0.703. The van der Waals surface area contributed by atoms with Crippen LogP contribution in [0.3, 0.4) is 0 Å². The maximum absolute atomic E-state index is 14.7. The van der Waals surface area contributed by atoms with Crippen molar-refractivity contribution in [3.8, 4) is 0 Å². The summed E-state index contributed by atoms with van der Waals surface area (Å²) in [6, 6.07) is 2.59. The van der Waals surface area contributed by atoms with Gasteiger partial charge in [-0.05, 0) is 44.8 Å².